The molecule has 3 aromatic carbocycles. The smallest absolute Gasteiger partial charge is 0.266 e. The summed E-state index contributed by atoms with van der Waals surface area (Å²) in [4.78, 5) is 12.6. The molecule has 0 saturated heterocycles. The molecule has 0 fully saturated rings. The number of nitrogens with one attached hydrogen (secondary N) is 1. The monoisotopic (exact) mass is 494 g/mol. The topological polar surface area (TPSA) is 62.1 Å². The van der Waals surface area contributed by atoms with Crippen LogP contribution in [-0.4, -0.2) is 5.91 Å². The number of anilines is 1. The Morgan fingerprint density at radius 1 is 1.13 bits per heavy atom. The van der Waals surface area contributed by atoms with Gasteiger partial charge in [0.2, 0.25) is 0 Å². The van der Waals surface area contributed by atoms with Gasteiger partial charge in [0, 0.05) is 20.7 Å². The number of nitrogens with zero attached hydrogens (tertiary/aromatic N) is 1. The summed E-state index contributed by atoms with van der Waals surface area (Å²) in [6, 6.07) is 20.4. The molecule has 0 unspecified atom stereocenters. The Hall–Kier alpha value is -3.07. The first-order valence-electron chi connectivity index (χ1n) is 9.52. The first-order valence-corrected chi connectivity index (χ1v) is 10.7. The van der Waals surface area contributed by atoms with Crippen LogP contribution in [0.5, 0.6) is 5.75 Å². The lowest BCUT2D eigenvalue weighted by Gasteiger charge is -2.12. The molecule has 0 heterocycles. The molecule has 31 heavy (non-hydrogen) atoms. The molecule has 0 atom stereocenters. The maximum absolute atomic E-state index is 12.6. The van der Waals surface area contributed by atoms with Crippen molar-refractivity contribution in [3.05, 3.63) is 98.0 Å². The van der Waals surface area contributed by atoms with Crippen LogP contribution in [0.25, 0.3) is 6.08 Å². The number of rotatable bonds is 6. The first-order chi connectivity index (χ1) is 14.8. The van der Waals surface area contributed by atoms with E-state index >= 15 is 0 Å². The summed E-state index contributed by atoms with van der Waals surface area (Å²) in [5.41, 5.74) is 4.47. The summed E-state index contributed by atoms with van der Waals surface area (Å²) in [7, 11) is 0. The third-order valence-corrected chi connectivity index (χ3v) is 5.12. The highest BCUT2D eigenvalue weighted by Gasteiger charge is 2.12. The Labute approximate surface area is 195 Å². The minimum atomic E-state index is -0.523. The van der Waals surface area contributed by atoms with Gasteiger partial charge in [-0.05, 0) is 61.9 Å². The molecule has 0 bridgehead atoms. The molecule has 0 aliphatic rings. The molecule has 1 amide bonds. The standard InChI is InChI=1S/C25H20BrClN2O2/c1-16-8-17(2)10-18(9-16)15-31-24-7-6-21(26)12-19(24)11-20(14-28)25(30)29-23-5-3-4-22(27)13-23/h3-13H,15H2,1-2H3,(H,29,30)/b20-11+. The summed E-state index contributed by atoms with van der Waals surface area (Å²) < 4.78 is 6.83. The number of benzene rings is 3. The van der Waals surface area contributed by atoms with Gasteiger partial charge in [-0.15, -0.1) is 0 Å². The van der Waals surface area contributed by atoms with Crippen LogP contribution in [-0.2, 0) is 11.4 Å². The zero-order valence-corrected chi connectivity index (χ0v) is 19.4. The van der Waals surface area contributed by atoms with E-state index in [-0.39, 0.29) is 5.57 Å². The lowest BCUT2D eigenvalue weighted by Crippen LogP contribution is -2.13. The second kappa shape index (κ2) is 10.3. The van der Waals surface area contributed by atoms with Crippen LogP contribution in [0.15, 0.2) is 70.7 Å². The maximum atomic E-state index is 12.6. The molecule has 0 aromatic heterocycles. The van der Waals surface area contributed by atoms with E-state index in [1.165, 1.54) is 17.2 Å². The fraction of sp³-hybridized carbons (Fsp3) is 0.120. The molecule has 156 valence electrons. The third kappa shape index (κ3) is 6.45. The SMILES string of the molecule is Cc1cc(C)cc(COc2ccc(Br)cc2/C=C(\C#N)C(=O)Nc2cccc(Cl)c2)c1. The van der Waals surface area contributed by atoms with E-state index in [0.29, 0.717) is 28.6 Å². The Kier molecular flexibility index (Phi) is 7.51. The molecule has 1 N–H and O–H groups in total. The molecule has 0 aliphatic heterocycles. The summed E-state index contributed by atoms with van der Waals surface area (Å²) in [5, 5.41) is 12.7. The van der Waals surface area contributed by atoms with Gasteiger partial charge in [-0.2, -0.15) is 5.26 Å². The quantitative estimate of drug-likeness (QED) is 0.301. The van der Waals surface area contributed by atoms with Gasteiger partial charge in [0.05, 0.1) is 0 Å². The summed E-state index contributed by atoms with van der Waals surface area (Å²) in [6.45, 7) is 4.46. The zero-order chi connectivity index (χ0) is 22.4. The van der Waals surface area contributed by atoms with Crippen molar-refractivity contribution in [3.8, 4) is 11.8 Å². The number of ether oxygens (including phenoxy) is 1. The van der Waals surface area contributed by atoms with Gasteiger partial charge in [0.1, 0.15) is 24.0 Å². The number of amides is 1. The second-order valence-corrected chi connectivity index (χ2v) is 8.45. The Morgan fingerprint density at radius 2 is 1.87 bits per heavy atom. The van der Waals surface area contributed by atoms with Crippen molar-refractivity contribution in [2.45, 2.75) is 20.5 Å². The van der Waals surface area contributed by atoms with Gasteiger partial charge >= 0.3 is 0 Å². The van der Waals surface area contributed by atoms with E-state index in [9.17, 15) is 10.1 Å². The predicted octanol–water partition coefficient (Wildman–Crippen LogP) is 6.84. The van der Waals surface area contributed by atoms with Gasteiger partial charge in [-0.1, -0.05) is 62.9 Å². The van der Waals surface area contributed by atoms with E-state index in [1.807, 2.05) is 32.0 Å². The van der Waals surface area contributed by atoms with Crippen molar-refractivity contribution in [1.82, 2.24) is 0 Å². The number of halogens is 2. The summed E-state index contributed by atoms with van der Waals surface area (Å²) >= 11 is 9.40. The normalized spacial score (nSPS) is 11.0. The highest BCUT2D eigenvalue weighted by molar-refractivity contribution is 9.10. The molecule has 0 aliphatic carbocycles. The van der Waals surface area contributed by atoms with Crippen molar-refractivity contribution in [1.29, 1.82) is 5.26 Å². The van der Waals surface area contributed by atoms with E-state index in [4.69, 9.17) is 16.3 Å². The highest BCUT2D eigenvalue weighted by Crippen LogP contribution is 2.27. The third-order valence-electron chi connectivity index (χ3n) is 4.40. The van der Waals surface area contributed by atoms with Crippen molar-refractivity contribution in [2.24, 2.45) is 0 Å². The first kappa shape index (κ1) is 22.6. The fourth-order valence-corrected chi connectivity index (χ4v) is 3.71. The number of hydrogen-bond donors (Lipinski definition) is 1. The van der Waals surface area contributed by atoms with Crippen LogP contribution < -0.4 is 10.1 Å². The van der Waals surface area contributed by atoms with Crippen LogP contribution in [0.3, 0.4) is 0 Å². The van der Waals surface area contributed by atoms with E-state index < -0.39 is 5.91 Å². The molecule has 3 rings (SSSR count). The molecular weight excluding hydrogens is 476 g/mol. The molecule has 0 saturated carbocycles. The van der Waals surface area contributed by atoms with E-state index in [2.05, 4.69) is 39.4 Å². The van der Waals surface area contributed by atoms with Crippen molar-refractivity contribution in [2.75, 3.05) is 5.32 Å². The van der Waals surface area contributed by atoms with Crippen LogP contribution in [0, 0.1) is 25.2 Å². The number of hydrogen-bond acceptors (Lipinski definition) is 3. The lowest BCUT2D eigenvalue weighted by atomic mass is 10.1. The minimum absolute atomic E-state index is 0.0469. The number of aryl methyl sites for hydroxylation is 2. The molecule has 3 aromatic rings. The number of carbonyl (C=O) groups is 1. The number of nitriles is 1. The fourth-order valence-electron chi connectivity index (χ4n) is 3.15. The number of carbonyl (C=O) groups excluding carboxylic acids is 1. The molecule has 0 radical (unpaired) electrons. The van der Waals surface area contributed by atoms with Crippen LogP contribution in [0.4, 0.5) is 5.69 Å². The average molecular weight is 496 g/mol. The van der Waals surface area contributed by atoms with Gasteiger partial charge < -0.3 is 10.1 Å². The van der Waals surface area contributed by atoms with Crippen molar-refractivity contribution >= 4 is 45.2 Å². The predicted molar refractivity (Wildman–Crippen MR) is 128 cm³/mol. The van der Waals surface area contributed by atoms with Crippen LogP contribution in [0.1, 0.15) is 22.3 Å². The summed E-state index contributed by atoms with van der Waals surface area (Å²) in [6.07, 6.45) is 1.52. The minimum Gasteiger partial charge on any atom is -0.488 e. The molecular formula is C25H20BrClN2O2. The van der Waals surface area contributed by atoms with Crippen molar-refractivity contribution in [3.63, 3.8) is 0 Å². The molecule has 6 heteroatoms. The average Bonchev–Trinajstić information content (AvgIpc) is 2.70. The molecule has 4 nitrogen and oxygen atoms in total. The van der Waals surface area contributed by atoms with Gasteiger partial charge in [0.25, 0.3) is 5.91 Å². The Bertz CT molecular complexity index is 1180. The Morgan fingerprint density at radius 3 is 2.55 bits per heavy atom. The maximum Gasteiger partial charge on any atom is 0.266 e. The second-order valence-electron chi connectivity index (χ2n) is 7.10. The van der Waals surface area contributed by atoms with E-state index in [0.717, 1.165) is 10.0 Å². The summed E-state index contributed by atoms with van der Waals surface area (Å²) in [5.74, 6) is 0.0515. The van der Waals surface area contributed by atoms with Crippen LogP contribution in [0.2, 0.25) is 5.02 Å². The lowest BCUT2D eigenvalue weighted by molar-refractivity contribution is -0.112. The molecule has 0 spiro atoms. The largest absolute Gasteiger partial charge is 0.488 e. The highest BCUT2D eigenvalue weighted by atomic mass is 79.9. The van der Waals surface area contributed by atoms with Gasteiger partial charge in [0.15, 0.2) is 0 Å². The zero-order valence-electron chi connectivity index (χ0n) is 17.1. The van der Waals surface area contributed by atoms with E-state index in [1.54, 1.807) is 30.3 Å². The Balaban J connectivity index is 1.84. The van der Waals surface area contributed by atoms with Crippen molar-refractivity contribution < 1.29 is 9.53 Å². The van der Waals surface area contributed by atoms with Gasteiger partial charge in [-0.25, -0.2) is 0 Å². The van der Waals surface area contributed by atoms with Gasteiger partial charge in [-0.3, -0.25) is 4.79 Å². The van der Waals surface area contributed by atoms with Crippen LogP contribution >= 0.6 is 27.5 Å².